The molecule has 7 heteroatoms. The van der Waals surface area contributed by atoms with E-state index in [0.29, 0.717) is 0 Å². The fraction of sp³-hybridized carbons (Fsp3) is 0.286. The van der Waals surface area contributed by atoms with Crippen molar-refractivity contribution in [3.63, 3.8) is 0 Å². The lowest BCUT2D eigenvalue weighted by atomic mass is 10.2. The van der Waals surface area contributed by atoms with E-state index in [1.807, 2.05) is 63.2 Å². The Labute approximate surface area is 173 Å². The number of hydrogen-bond donors (Lipinski definition) is 2. The average molecular weight is 446 g/mol. The highest BCUT2D eigenvalue weighted by Gasteiger charge is 2.08. The molecule has 2 aromatic carbocycles. The number of hydrazone groups is 1. The fourth-order valence-electron chi connectivity index (χ4n) is 2.33. The maximum Gasteiger partial charge on any atom is 0.240 e. The number of nitrogens with zero attached hydrogens (tertiary/aromatic N) is 1. The van der Waals surface area contributed by atoms with Gasteiger partial charge in [0.2, 0.25) is 11.8 Å². The minimum Gasteiger partial charge on any atom is -0.490 e. The summed E-state index contributed by atoms with van der Waals surface area (Å²) in [7, 11) is 0. The first-order valence-corrected chi connectivity index (χ1v) is 9.78. The maximum atomic E-state index is 12.0. The van der Waals surface area contributed by atoms with Crippen LogP contribution in [-0.4, -0.2) is 24.1 Å². The minimum atomic E-state index is -0.324. The molecule has 0 radical (unpaired) electrons. The van der Waals surface area contributed by atoms with E-state index in [4.69, 9.17) is 4.74 Å². The zero-order chi connectivity index (χ0) is 20.5. The zero-order valence-electron chi connectivity index (χ0n) is 16.2. The lowest BCUT2D eigenvalue weighted by Crippen LogP contribution is -2.20. The van der Waals surface area contributed by atoms with Gasteiger partial charge in [0.25, 0.3) is 0 Å². The second-order valence-electron chi connectivity index (χ2n) is 6.51. The van der Waals surface area contributed by atoms with E-state index in [2.05, 4.69) is 31.8 Å². The van der Waals surface area contributed by atoms with Gasteiger partial charge < -0.3 is 10.1 Å². The van der Waals surface area contributed by atoms with Crippen LogP contribution in [0.25, 0.3) is 0 Å². The second-order valence-corrected chi connectivity index (χ2v) is 7.37. The number of carbonyl (C=O) groups is 2. The highest BCUT2D eigenvalue weighted by molar-refractivity contribution is 9.10. The van der Waals surface area contributed by atoms with Crippen LogP contribution in [0.4, 0.5) is 5.69 Å². The van der Waals surface area contributed by atoms with Crippen LogP contribution in [0.15, 0.2) is 52.0 Å². The van der Waals surface area contributed by atoms with Crippen molar-refractivity contribution in [3.05, 3.63) is 58.1 Å². The number of rotatable bonds is 8. The van der Waals surface area contributed by atoms with Crippen molar-refractivity contribution in [2.45, 2.75) is 39.7 Å². The van der Waals surface area contributed by atoms with Gasteiger partial charge in [0.05, 0.1) is 16.8 Å². The van der Waals surface area contributed by atoms with Gasteiger partial charge in [-0.25, -0.2) is 5.43 Å². The Morgan fingerprint density at radius 1 is 1.14 bits per heavy atom. The molecule has 0 heterocycles. The van der Waals surface area contributed by atoms with Gasteiger partial charge in [0, 0.05) is 18.5 Å². The average Bonchev–Trinajstić information content (AvgIpc) is 2.64. The van der Waals surface area contributed by atoms with Crippen molar-refractivity contribution in [3.8, 4) is 5.75 Å². The molecule has 0 saturated carbocycles. The SMILES string of the molecule is Cc1ccccc1NC(=O)CCC(=O)NN=Cc1ccc(OC(C)C)c(Br)c1. The highest BCUT2D eigenvalue weighted by Crippen LogP contribution is 2.26. The molecule has 0 fully saturated rings. The van der Waals surface area contributed by atoms with Crippen LogP contribution in [0.3, 0.4) is 0 Å². The largest absolute Gasteiger partial charge is 0.490 e. The van der Waals surface area contributed by atoms with E-state index in [0.717, 1.165) is 27.0 Å². The van der Waals surface area contributed by atoms with Gasteiger partial charge in [-0.15, -0.1) is 0 Å². The van der Waals surface area contributed by atoms with E-state index in [9.17, 15) is 9.59 Å². The number of benzene rings is 2. The molecule has 2 amide bonds. The lowest BCUT2D eigenvalue weighted by Gasteiger charge is -2.11. The molecule has 0 bridgehead atoms. The molecule has 2 aromatic rings. The van der Waals surface area contributed by atoms with Crippen LogP contribution >= 0.6 is 15.9 Å². The molecule has 0 aliphatic rings. The minimum absolute atomic E-state index is 0.0555. The molecule has 0 atom stereocenters. The molecule has 6 nitrogen and oxygen atoms in total. The molecular formula is C21H24BrN3O3. The van der Waals surface area contributed by atoms with Gasteiger partial charge in [-0.1, -0.05) is 18.2 Å². The van der Waals surface area contributed by atoms with Gasteiger partial charge in [0.15, 0.2) is 0 Å². The third-order valence-electron chi connectivity index (χ3n) is 3.72. The van der Waals surface area contributed by atoms with Crippen molar-refractivity contribution in [1.82, 2.24) is 5.43 Å². The Balaban J connectivity index is 1.78. The number of aryl methyl sites for hydroxylation is 1. The molecule has 0 unspecified atom stereocenters. The smallest absolute Gasteiger partial charge is 0.240 e. The molecule has 2 rings (SSSR count). The topological polar surface area (TPSA) is 79.8 Å². The zero-order valence-corrected chi connectivity index (χ0v) is 17.7. The van der Waals surface area contributed by atoms with E-state index >= 15 is 0 Å². The Hall–Kier alpha value is -2.67. The lowest BCUT2D eigenvalue weighted by molar-refractivity contribution is -0.124. The number of nitrogens with one attached hydrogen (secondary N) is 2. The third-order valence-corrected chi connectivity index (χ3v) is 4.34. The fourth-order valence-corrected chi connectivity index (χ4v) is 2.82. The summed E-state index contributed by atoms with van der Waals surface area (Å²) in [5.41, 5.74) is 4.96. The first-order valence-electron chi connectivity index (χ1n) is 8.98. The van der Waals surface area contributed by atoms with Gasteiger partial charge in [-0.05, 0) is 72.1 Å². The monoisotopic (exact) mass is 445 g/mol. The van der Waals surface area contributed by atoms with Crippen LogP contribution in [0.1, 0.15) is 37.8 Å². The van der Waals surface area contributed by atoms with Gasteiger partial charge in [0.1, 0.15) is 5.75 Å². The van der Waals surface area contributed by atoms with Gasteiger partial charge in [-0.2, -0.15) is 5.10 Å². The molecule has 0 saturated heterocycles. The molecular weight excluding hydrogens is 422 g/mol. The third kappa shape index (κ3) is 7.15. The van der Waals surface area contributed by atoms with Crippen LogP contribution < -0.4 is 15.5 Å². The van der Waals surface area contributed by atoms with Crippen molar-refractivity contribution in [2.75, 3.05) is 5.32 Å². The normalized spacial score (nSPS) is 10.9. The molecule has 28 heavy (non-hydrogen) atoms. The summed E-state index contributed by atoms with van der Waals surface area (Å²) in [5.74, 6) is 0.212. The van der Waals surface area contributed by atoms with Crippen molar-refractivity contribution in [2.24, 2.45) is 5.10 Å². The van der Waals surface area contributed by atoms with Gasteiger partial charge in [-0.3, -0.25) is 9.59 Å². The van der Waals surface area contributed by atoms with Crippen molar-refractivity contribution < 1.29 is 14.3 Å². The van der Waals surface area contributed by atoms with Crippen LogP contribution in [0.5, 0.6) is 5.75 Å². The number of amides is 2. The Bertz CT molecular complexity index is 866. The summed E-state index contributed by atoms with van der Waals surface area (Å²) in [6.07, 6.45) is 1.76. The number of hydrogen-bond acceptors (Lipinski definition) is 4. The number of carbonyl (C=O) groups excluding carboxylic acids is 2. The Kier molecular flexibility index (Phi) is 8.19. The first kappa shape index (κ1) is 21.6. The van der Waals surface area contributed by atoms with E-state index in [-0.39, 0.29) is 30.8 Å². The summed E-state index contributed by atoms with van der Waals surface area (Å²) in [4.78, 5) is 23.8. The number of anilines is 1. The number of halogens is 1. The van der Waals surface area contributed by atoms with Crippen molar-refractivity contribution in [1.29, 1.82) is 0 Å². The highest BCUT2D eigenvalue weighted by atomic mass is 79.9. The summed E-state index contributed by atoms with van der Waals surface area (Å²) in [6.45, 7) is 5.83. The van der Waals surface area contributed by atoms with Crippen LogP contribution in [0.2, 0.25) is 0 Å². The predicted octanol–water partition coefficient (Wildman–Crippen LogP) is 4.41. The molecule has 0 aliphatic carbocycles. The molecule has 148 valence electrons. The quantitative estimate of drug-likeness (QED) is 0.466. The molecule has 2 N–H and O–H groups in total. The predicted molar refractivity (Wildman–Crippen MR) is 115 cm³/mol. The number of ether oxygens (including phenoxy) is 1. The Morgan fingerprint density at radius 2 is 1.86 bits per heavy atom. The standard InChI is InChI=1S/C21H24BrN3O3/c1-14(2)28-19-9-8-16(12-17(19)22)13-23-25-21(27)11-10-20(26)24-18-7-5-4-6-15(18)3/h4-9,12-14H,10-11H2,1-3H3,(H,24,26)(H,25,27). The first-order chi connectivity index (χ1) is 13.3. The van der Waals surface area contributed by atoms with E-state index in [1.54, 1.807) is 0 Å². The summed E-state index contributed by atoms with van der Waals surface area (Å²) in [5, 5.41) is 6.73. The van der Waals surface area contributed by atoms with Gasteiger partial charge >= 0.3 is 0 Å². The molecule has 0 aliphatic heterocycles. The Morgan fingerprint density at radius 3 is 2.54 bits per heavy atom. The van der Waals surface area contributed by atoms with Crippen LogP contribution in [0, 0.1) is 6.92 Å². The maximum absolute atomic E-state index is 12.0. The van der Waals surface area contributed by atoms with E-state index in [1.165, 1.54) is 6.21 Å². The van der Waals surface area contributed by atoms with Crippen LogP contribution in [-0.2, 0) is 9.59 Å². The molecule has 0 spiro atoms. The summed E-state index contributed by atoms with van der Waals surface area (Å²) < 4.78 is 6.46. The van der Waals surface area contributed by atoms with E-state index < -0.39 is 0 Å². The molecule has 0 aromatic heterocycles. The summed E-state index contributed by atoms with van der Waals surface area (Å²) >= 11 is 3.45. The summed E-state index contributed by atoms with van der Waals surface area (Å²) in [6, 6.07) is 13.0. The number of para-hydroxylation sites is 1. The second kappa shape index (κ2) is 10.6. The van der Waals surface area contributed by atoms with Crippen molar-refractivity contribution >= 4 is 39.6 Å².